The third kappa shape index (κ3) is 5.68. The Morgan fingerprint density at radius 3 is 2.70 bits per heavy atom. The van der Waals surface area contributed by atoms with E-state index >= 15 is 0 Å². The number of amides is 1. The summed E-state index contributed by atoms with van der Waals surface area (Å²) in [6, 6.07) is 6.82. The Labute approximate surface area is 142 Å². The van der Waals surface area contributed by atoms with E-state index in [4.69, 9.17) is 26.8 Å². The molecular weight excluding hydrogens is 316 g/mol. The van der Waals surface area contributed by atoms with Crippen LogP contribution in [0.1, 0.15) is 19.3 Å². The molecule has 1 atom stereocenters. The highest BCUT2D eigenvalue weighted by molar-refractivity contribution is 6.30. The largest absolute Gasteiger partial charge is 0.494 e. The first-order chi connectivity index (χ1) is 11.1. The molecule has 1 saturated heterocycles. The van der Waals surface area contributed by atoms with E-state index in [1.165, 1.54) is 0 Å². The van der Waals surface area contributed by atoms with Gasteiger partial charge in [-0.15, -0.1) is 0 Å². The van der Waals surface area contributed by atoms with Crippen molar-refractivity contribution < 1.29 is 14.3 Å². The van der Waals surface area contributed by atoms with Gasteiger partial charge in [0.25, 0.3) is 0 Å². The van der Waals surface area contributed by atoms with E-state index in [1.807, 2.05) is 12.1 Å². The smallest absolute Gasteiger partial charge is 0.239 e. The molecule has 0 spiro atoms. The van der Waals surface area contributed by atoms with Gasteiger partial charge in [0.05, 0.1) is 12.6 Å². The highest BCUT2D eigenvalue weighted by atomic mass is 35.5. The molecule has 5 nitrogen and oxygen atoms in total. The molecule has 6 heteroatoms. The molecule has 1 aromatic rings. The number of hydrogen-bond acceptors (Lipinski definition) is 4. The summed E-state index contributed by atoms with van der Waals surface area (Å²) in [4.78, 5) is 14.0. The van der Waals surface area contributed by atoms with Gasteiger partial charge in [-0.1, -0.05) is 11.6 Å². The van der Waals surface area contributed by atoms with Gasteiger partial charge in [0, 0.05) is 31.8 Å². The summed E-state index contributed by atoms with van der Waals surface area (Å²) in [7, 11) is 1.80. The molecule has 1 aliphatic rings. The second-order valence-corrected chi connectivity index (χ2v) is 6.33. The van der Waals surface area contributed by atoms with E-state index < -0.39 is 6.04 Å². The number of carbonyl (C=O) groups excluding carboxylic acids is 1. The molecule has 128 valence electrons. The number of likely N-dealkylation sites (N-methyl/N-ethyl adjacent to an activating group) is 1. The van der Waals surface area contributed by atoms with Gasteiger partial charge in [-0.25, -0.2) is 0 Å². The van der Waals surface area contributed by atoms with Gasteiger partial charge in [-0.3, -0.25) is 4.79 Å². The summed E-state index contributed by atoms with van der Waals surface area (Å²) in [5.41, 5.74) is 6.11. The third-order valence-electron chi connectivity index (χ3n) is 4.16. The number of ether oxygens (including phenoxy) is 2. The Bertz CT molecular complexity index is 489. The molecule has 0 saturated carbocycles. The fraction of sp³-hybridized carbons (Fsp3) is 0.588. The molecule has 0 bridgehead atoms. The number of rotatable bonds is 7. The lowest BCUT2D eigenvalue weighted by Crippen LogP contribution is -2.48. The molecule has 2 N–H and O–H groups in total. The molecule has 0 aliphatic carbocycles. The van der Waals surface area contributed by atoms with E-state index in [-0.39, 0.29) is 11.8 Å². The van der Waals surface area contributed by atoms with Crippen LogP contribution in [0.15, 0.2) is 24.3 Å². The average Bonchev–Trinajstić information content (AvgIpc) is 2.59. The maximum Gasteiger partial charge on any atom is 0.239 e. The Balaban J connectivity index is 1.68. The minimum absolute atomic E-state index is 0.00314. The molecule has 0 aromatic heterocycles. The van der Waals surface area contributed by atoms with Crippen LogP contribution in [0.5, 0.6) is 5.75 Å². The summed E-state index contributed by atoms with van der Waals surface area (Å²) in [5, 5.41) is 0.685. The van der Waals surface area contributed by atoms with Gasteiger partial charge in [-0.05, 0) is 49.4 Å². The van der Waals surface area contributed by atoms with E-state index in [1.54, 1.807) is 24.1 Å². The van der Waals surface area contributed by atoms with Crippen molar-refractivity contribution in [1.82, 2.24) is 4.90 Å². The summed E-state index contributed by atoms with van der Waals surface area (Å²) in [5.74, 6) is 1.01. The zero-order chi connectivity index (χ0) is 16.7. The van der Waals surface area contributed by atoms with Crippen LogP contribution in [0.3, 0.4) is 0 Å². The minimum Gasteiger partial charge on any atom is -0.494 e. The quantitative estimate of drug-likeness (QED) is 0.774. The number of nitrogens with zero attached hydrogens (tertiary/aromatic N) is 1. The van der Waals surface area contributed by atoms with Crippen molar-refractivity contribution in [2.75, 3.05) is 33.4 Å². The van der Waals surface area contributed by atoms with Gasteiger partial charge >= 0.3 is 0 Å². The van der Waals surface area contributed by atoms with E-state index in [9.17, 15) is 4.79 Å². The highest BCUT2D eigenvalue weighted by Crippen LogP contribution is 2.19. The van der Waals surface area contributed by atoms with E-state index in [0.717, 1.165) is 25.0 Å². The number of benzene rings is 1. The van der Waals surface area contributed by atoms with Crippen LogP contribution in [-0.2, 0) is 9.53 Å². The lowest BCUT2D eigenvalue weighted by Gasteiger charge is -2.29. The maximum atomic E-state index is 12.3. The van der Waals surface area contributed by atoms with Crippen LogP contribution in [0.2, 0.25) is 5.02 Å². The monoisotopic (exact) mass is 340 g/mol. The normalized spacial score (nSPS) is 16.8. The Kier molecular flexibility index (Phi) is 7.15. The van der Waals surface area contributed by atoms with Crippen molar-refractivity contribution in [3.05, 3.63) is 29.3 Å². The lowest BCUT2D eigenvalue weighted by atomic mass is 9.91. The van der Waals surface area contributed by atoms with Crippen molar-refractivity contribution >= 4 is 17.5 Å². The summed E-state index contributed by atoms with van der Waals surface area (Å²) in [6.07, 6.45) is 2.48. The number of hydrogen-bond donors (Lipinski definition) is 1. The van der Waals surface area contributed by atoms with Gasteiger partial charge in [-0.2, -0.15) is 0 Å². The molecule has 23 heavy (non-hydrogen) atoms. The Hall–Kier alpha value is -1.30. The Morgan fingerprint density at radius 1 is 1.39 bits per heavy atom. The van der Waals surface area contributed by atoms with Crippen LogP contribution in [0, 0.1) is 5.92 Å². The second-order valence-electron chi connectivity index (χ2n) is 5.89. The number of halogens is 1. The third-order valence-corrected chi connectivity index (χ3v) is 4.41. The maximum absolute atomic E-state index is 12.3. The van der Waals surface area contributed by atoms with Crippen LogP contribution in [0.4, 0.5) is 0 Å². The molecular formula is C17H25ClN2O3. The van der Waals surface area contributed by atoms with Crippen molar-refractivity contribution in [2.24, 2.45) is 11.7 Å². The molecule has 1 amide bonds. The first-order valence-electron chi connectivity index (χ1n) is 8.04. The average molecular weight is 341 g/mol. The number of carbonyl (C=O) groups is 1. The summed E-state index contributed by atoms with van der Waals surface area (Å²) >= 11 is 5.82. The summed E-state index contributed by atoms with van der Waals surface area (Å²) < 4.78 is 10.9. The van der Waals surface area contributed by atoms with Crippen LogP contribution in [-0.4, -0.2) is 50.3 Å². The molecule has 0 radical (unpaired) electrons. The summed E-state index contributed by atoms with van der Waals surface area (Å²) in [6.45, 7) is 2.57. The van der Waals surface area contributed by atoms with Crippen molar-refractivity contribution in [3.8, 4) is 5.75 Å². The zero-order valence-electron chi connectivity index (χ0n) is 13.5. The van der Waals surface area contributed by atoms with Crippen molar-refractivity contribution in [1.29, 1.82) is 0 Å². The molecule has 1 unspecified atom stereocenters. The minimum atomic E-state index is -0.430. The molecule has 1 aliphatic heterocycles. The fourth-order valence-corrected chi connectivity index (χ4v) is 2.79. The van der Waals surface area contributed by atoms with Gasteiger partial charge in [0.1, 0.15) is 5.75 Å². The van der Waals surface area contributed by atoms with Gasteiger partial charge in [0.15, 0.2) is 0 Å². The molecule has 1 heterocycles. The second kappa shape index (κ2) is 9.11. The van der Waals surface area contributed by atoms with Crippen LogP contribution in [0.25, 0.3) is 0 Å². The SMILES string of the molecule is CN(CCCOc1ccc(Cl)cc1)C(=O)C(N)C1CCOCC1. The fourth-order valence-electron chi connectivity index (χ4n) is 2.66. The van der Waals surface area contributed by atoms with Gasteiger partial charge in [0.2, 0.25) is 5.91 Å². The number of nitrogens with two attached hydrogens (primary N) is 1. The zero-order valence-corrected chi connectivity index (χ0v) is 14.3. The standard InChI is InChI=1S/C17H25ClN2O3/c1-20(17(21)16(19)13-7-11-22-12-8-13)9-2-10-23-15-5-3-14(18)4-6-15/h3-6,13,16H,2,7-12,19H2,1H3. The first-order valence-corrected chi connectivity index (χ1v) is 8.42. The van der Waals surface area contributed by atoms with E-state index in [2.05, 4.69) is 0 Å². The van der Waals surface area contributed by atoms with E-state index in [0.29, 0.717) is 31.4 Å². The lowest BCUT2D eigenvalue weighted by molar-refractivity contribution is -0.133. The van der Waals surface area contributed by atoms with Gasteiger partial charge < -0.3 is 20.1 Å². The van der Waals surface area contributed by atoms with Crippen LogP contribution < -0.4 is 10.5 Å². The topological polar surface area (TPSA) is 64.8 Å². The van der Waals surface area contributed by atoms with Crippen LogP contribution >= 0.6 is 11.6 Å². The molecule has 2 rings (SSSR count). The molecule has 1 aromatic carbocycles. The Morgan fingerprint density at radius 2 is 2.04 bits per heavy atom. The molecule has 1 fully saturated rings. The highest BCUT2D eigenvalue weighted by Gasteiger charge is 2.28. The predicted molar refractivity (Wildman–Crippen MR) is 90.7 cm³/mol. The predicted octanol–water partition coefficient (Wildman–Crippen LogP) is 2.32. The van der Waals surface area contributed by atoms with Crippen molar-refractivity contribution in [3.63, 3.8) is 0 Å². The first kappa shape index (κ1) is 18.0. The van der Waals surface area contributed by atoms with Crippen molar-refractivity contribution in [2.45, 2.75) is 25.3 Å².